The molecule has 10 nitrogen and oxygen atoms in total. The summed E-state index contributed by atoms with van der Waals surface area (Å²) in [5.41, 5.74) is 1.97. The largest absolute Gasteiger partial charge is 0.488 e. The average Bonchev–Trinajstić information content (AvgIpc) is 3.52. The highest BCUT2D eigenvalue weighted by Gasteiger charge is 2.23. The molecule has 264 valence electrons. The number of nitrogens with one attached hydrogen (secondary N) is 1. The molecule has 1 aliphatic rings. The Bertz CT molecular complexity index is 1160. The summed E-state index contributed by atoms with van der Waals surface area (Å²) in [7, 11) is -1.34. The number of allylic oxidation sites excluding steroid dienone is 4. The summed E-state index contributed by atoms with van der Waals surface area (Å²) in [6.07, 6.45) is 22.9. The summed E-state index contributed by atoms with van der Waals surface area (Å²) in [6.45, 7) is 2.75. The van der Waals surface area contributed by atoms with Crippen LogP contribution in [-0.2, 0) is 20.8 Å². The molecule has 1 unspecified atom stereocenters. The molecule has 0 aromatic heterocycles. The van der Waals surface area contributed by atoms with Crippen LogP contribution in [0.2, 0.25) is 0 Å². The van der Waals surface area contributed by atoms with E-state index in [-0.39, 0.29) is 18.9 Å². The van der Waals surface area contributed by atoms with E-state index in [1.165, 1.54) is 50.5 Å². The van der Waals surface area contributed by atoms with E-state index in [0.29, 0.717) is 31.1 Å². The maximum atomic E-state index is 11.4. The number of carboxylic acid groups (broad SMARTS) is 1. The van der Waals surface area contributed by atoms with Crippen LogP contribution >= 0.6 is 0 Å². The summed E-state index contributed by atoms with van der Waals surface area (Å²) in [6, 6.07) is 19.4. The zero-order chi connectivity index (χ0) is 35.2. The van der Waals surface area contributed by atoms with Gasteiger partial charge in [-0.05, 0) is 94.0 Å². The molecule has 4 N–H and O–H groups in total. The molecule has 0 saturated heterocycles. The molecule has 0 spiro atoms. The minimum atomic E-state index is -1.34. The van der Waals surface area contributed by atoms with Gasteiger partial charge in [0.25, 0.3) is 5.09 Å². The summed E-state index contributed by atoms with van der Waals surface area (Å²) < 4.78 is 0. The molecule has 2 aromatic rings. The van der Waals surface area contributed by atoms with Crippen LogP contribution in [-0.4, -0.2) is 52.4 Å². The van der Waals surface area contributed by atoms with Gasteiger partial charge in [-0.3, -0.25) is 9.59 Å². The van der Waals surface area contributed by atoms with E-state index in [2.05, 4.69) is 64.8 Å². The highest BCUT2D eigenvalue weighted by atomic mass is 16.9. The molecule has 0 aliphatic heterocycles. The number of aliphatic carboxylic acids is 1. The minimum Gasteiger partial charge on any atom is -0.481 e. The fraction of sp³-hybridized carbons (Fsp3) is 0.514. The Morgan fingerprint density at radius 2 is 1.60 bits per heavy atom. The zero-order valence-corrected chi connectivity index (χ0v) is 28.5. The van der Waals surface area contributed by atoms with Crippen LogP contribution in [0.4, 0.5) is 0 Å². The Labute approximate surface area is 286 Å². The first-order chi connectivity index (χ1) is 23.2. The third-order valence-electron chi connectivity index (χ3n) is 7.86. The van der Waals surface area contributed by atoms with Crippen LogP contribution in [0.1, 0.15) is 96.0 Å². The molecule has 1 fully saturated rings. The van der Waals surface area contributed by atoms with Crippen LogP contribution in [0.25, 0.3) is 0 Å². The number of aryl methyl sites for hydroxylation is 1. The van der Waals surface area contributed by atoms with Gasteiger partial charge in [0.2, 0.25) is 5.91 Å². The van der Waals surface area contributed by atoms with E-state index in [0.717, 1.165) is 31.2 Å². The molecule has 0 radical (unpaired) electrons. The third kappa shape index (κ3) is 23.4. The quantitative estimate of drug-likeness (QED) is 0.0413. The van der Waals surface area contributed by atoms with E-state index in [9.17, 15) is 19.7 Å². The van der Waals surface area contributed by atoms with E-state index in [1.54, 1.807) is 24.3 Å². The molecule has 2 aromatic carbocycles. The number of hydrogen-bond acceptors (Lipinski definition) is 7. The first-order valence-electron chi connectivity index (χ1n) is 17.2. The molecular weight excluding hydrogens is 611 g/mol. The van der Waals surface area contributed by atoms with E-state index < -0.39 is 18.2 Å². The van der Waals surface area contributed by atoms with E-state index >= 15 is 0 Å². The topological polar surface area (TPSA) is 159 Å². The van der Waals surface area contributed by atoms with Gasteiger partial charge in [-0.1, -0.05) is 97.8 Å². The maximum absolute atomic E-state index is 11.4. The highest BCUT2D eigenvalue weighted by Crippen LogP contribution is 2.35. The van der Waals surface area contributed by atoms with Crippen molar-refractivity contribution < 1.29 is 34.7 Å². The molecule has 0 bridgehead atoms. The molecular formula is C37H55BN2O8. The number of unbranched alkanes of at least 4 members (excludes halogenated alkanes) is 4. The Kier molecular flexibility index (Phi) is 24.6. The SMILES string of the molecule is CCNC(=O)CCC/C=C\C[C@H]1CCCC1/C=C/CCCc1ccccc1.O=C(O)CCCCCO[N+](=O)[O-].OB(O)c1ccccc1. The van der Waals surface area contributed by atoms with Crippen molar-refractivity contribution in [1.82, 2.24) is 5.32 Å². The van der Waals surface area contributed by atoms with Gasteiger partial charge in [0.15, 0.2) is 0 Å². The summed E-state index contributed by atoms with van der Waals surface area (Å²) in [4.78, 5) is 35.1. The van der Waals surface area contributed by atoms with Gasteiger partial charge in [0.1, 0.15) is 0 Å². The second-order valence-corrected chi connectivity index (χ2v) is 11.8. The number of carbonyl (C=O) groups is 2. The lowest BCUT2D eigenvalue weighted by Crippen LogP contribution is -2.29. The number of carboxylic acids is 1. The summed E-state index contributed by atoms with van der Waals surface area (Å²) >= 11 is 0. The van der Waals surface area contributed by atoms with Gasteiger partial charge in [0.05, 0.1) is 6.61 Å². The lowest BCUT2D eigenvalue weighted by Gasteiger charge is -2.14. The van der Waals surface area contributed by atoms with Crippen molar-refractivity contribution in [2.24, 2.45) is 11.8 Å². The van der Waals surface area contributed by atoms with Crippen molar-refractivity contribution in [2.45, 2.75) is 96.8 Å². The number of rotatable bonds is 20. The smallest absolute Gasteiger partial charge is 0.481 e. The normalized spacial score (nSPS) is 15.2. The van der Waals surface area contributed by atoms with Crippen LogP contribution in [0, 0.1) is 22.0 Å². The first-order valence-corrected chi connectivity index (χ1v) is 17.2. The zero-order valence-electron chi connectivity index (χ0n) is 28.5. The Hall–Kier alpha value is -3.96. The molecule has 0 heterocycles. The fourth-order valence-electron chi connectivity index (χ4n) is 5.33. The fourth-order valence-corrected chi connectivity index (χ4v) is 5.33. The second-order valence-electron chi connectivity index (χ2n) is 11.8. The number of nitrogens with zero attached hydrogens (tertiary/aromatic N) is 1. The number of hydrogen-bond donors (Lipinski definition) is 4. The molecule has 11 heteroatoms. The van der Waals surface area contributed by atoms with Crippen molar-refractivity contribution in [1.29, 1.82) is 0 Å². The van der Waals surface area contributed by atoms with Crippen LogP contribution in [0.3, 0.4) is 0 Å². The van der Waals surface area contributed by atoms with Gasteiger partial charge < -0.3 is 25.3 Å². The maximum Gasteiger partial charge on any atom is 0.488 e. The van der Waals surface area contributed by atoms with Crippen molar-refractivity contribution >= 4 is 24.5 Å². The van der Waals surface area contributed by atoms with Crippen molar-refractivity contribution in [3.05, 3.63) is 101 Å². The van der Waals surface area contributed by atoms with Crippen LogP contribution in [0.5, 0.6) is 0 Å². The monoisotopic (exact) mass is 666 g/mol. The molecule has 48 heavy (non-hydrogen) atoms. The predicted octanol–water partition coefficient (Wildman–Crippen LogP) is 6.44. The molecule has 1 saturated carbocycles. The minimum absolute atomic E-state index is 0.0482. The van der Waals surface area contributed by atoms with Gasteiger partial charge >= 0.3 is 13.1 Å². The van der Waals surface area contributed by atoms with Crippen LogP contribution < -0.4 is 10.8 Å². The second kappa shape index (κ2) is 28.1. The predicted molar refractivity (Wildman–Crippen MR) is 191 cm³/mol. The van der Waals surface area contributed by atoms with E-state index in [1.807, 2.05) is 13.0 Å². The number of carbonyl (C=O) groups excluding carboxylic acids is 1. The third-order valence-corrected chi connectivity index (χ3v) is 7.86. The van der Waals surface area contributed by atoms with Gasteiger partial charge in [-0.2, -0.15) is 0 Å². The van der Waals surface area contributed by atoms with Crippen molar-refractivity contribution in [3.8, 4) is 0 Å². The number of amides is 1. The Morgan fingerprint density at radius 3 is 2.23 bits per heavy atom. The molecule has 3 rings (SSSR count). The number of benzene rings is 2. The molecule has 2 atom stereocenters. The van der Waals surface area contributed by atoms with Crippen molar-refractivity contribution in [3.63, 3.8) is 0 Å². The first kappa shape index (κ1) is 42.1. The van der Waals surface area contributed by atoms with Crippen molar-refractivity contribution in [2.75, 3.05) is 13.2 Å². The van der Waals surface area contributed by atoms with Crippen LogP contribution in [0.15, 0.2) is 85.0 Å². The highest BCUT2D eigenvalue weighted by molar-refractivity contribution is 6.58. The molecule has 1 amide bonds. The summed E-state index contributed by atoms with van der Waals surface area (Å²) in [5, 5.41) is 37.0. The van der Waals surface area contributed by atoms with Gasteiger partial charge in [-0.15, -0.1) is 10.1 Å². The summed E-state index contributed by atoms with van der Waals surface area (Å²) in [5.74, 6) is 0.918. The average molecular weight is 667 g/mol. The Balaban J connectivity index is 0.000000449. The Morgan fingerprint density at radius 1 is 0.917 bits per heavy atom. The van der Waals surface area contributed by atoms with Gasteiger partial charge in [-0.25, -0.2) is 0 Å². The molecule has 1 aliphatic carbocycles. The lowest BCUT2D eigenvalue weighted by atomic mass is 9.81. The van der Waals surface area contributed by atoms with Gasteiger partial charge in [0, 0.05) is 19.4 Å². The standard InChI is InChI=1S/C25H37NO.C6H7BO2.C6H11NO5/c1-2-26-25(27)21-12-4-3-10-17-23-19-13-20-24(23)18-11-6-9-16-22-14-7-5-8-15-22;8-7(9)6-4-2-1-3-5-6;8-6(9)4-2-1-3-5-12-7(10)11/h3,5,7-8,10-11,14-15,18,23-24H,2,4,6,9,12-13,16-17,19-21H2,1H3,(H,26,27);1-5,8-9H;1-5H2,(H,8,9)/b10-3-,18-11+;;/t23-,24?;;/m0../s1. The van der Waals surface area contributed by atoms with E-state index in [4.69, 9.17) is 15.2 Å². The lowest BCUT2D eigenvalue weighted by molar-refractivity contribution is -0.757.